The van der Waals surface area contributed by atoms with Gasteiger partial charge in [-0.3, -0.25) is 0 Å². The molecule has 0 unspecified atom stereocenters. The SMILES string of the molecule is O=S(=O)(F)CCN1CCCc2ccccc21. The van der Waals surface area contributed by atoms with Crippen LogP contribution in [-0.2, 0) is 16.6 Å². The van der Waals surface area contributed by atoms with Crippen molar-refractivity contribution in [3.63, 3.8) is 0 Å². The molecule has 0 fully saturated rings. The van der Waals surface area contributed by atoms with Gasteiger partial charge in [-0.25, -0.2) is 0 Å². The van der Waals surface area contributed by atoms with Gasteiger partial charge in [-0.05, 0) is 24.5 Å². The average Bonchev–Trinajstić information content (AvgIpc) is 2.25. The normalized spacial score (nSPS) is 15.9. The lowest BCUT2D eigenvalue weighted by Crippen LogP contribution is -2.33. The first-order chi connectivity index (χ1) is 7.56. The lowest BCUT2D eigenvalue weighted by molar-refractivity contribution is 0.549. The van der Waals surface area contributed by atoms with Crippen molar-refractivity contribution in [2.45, 2.75) is 12.8 Å². The fraction of sp³-hybridized carbons (Fsp3) is 0.455. The second-order valence-electron chi connectivity index (χ2n) is 3.96. The van der Waals surface area contributed by atoms with Gasteiger partial charge < -0.3 is 4.90 Å². The van der Waals surface area contributed by atoms with Gasteiger partial charge in [-0.1, -0.05) is 18.2 Å². The molecule has 0 amide bonds. The van der Waals surface area contributed by atoms with Gasteiger partial charge in [0, 0.05) is 18.8 Å². The van der Waals surface area contributed by atoms with Crippen molar-refractivity contribution in [3.05, 3.63) is 29.8 Å². The van der Waals surface area contributed by atoms with Crippen LogP contribution in [0, 0.1) is 0 Å². The third-order valence-electron chi connectivity index (χ3n) is 2.81. The number of halogens is 1. The third-order valence-corrected chi connectivity index (χ3v) is 3.48. The van der Waals surface area contributed by atoms with E-state index in [0.717, 1.165) is 25.1 Å². The van der Waals surface area contributed by atoms with Crippen molar-refractivity contribution in [2.24, 2.45) is 0 Å². The Morgan fingerprint density at radius 3 is 2.81 bits per heavy atom. The van der Waals surface area contributed by atoms with Crippen molar-refractivity contribution < 1.29 is 12.3 Å². The van der Waals surface area contributed by atoms with E-state index in [1.54, 1.807) is 0 Å². The predicted molar refractivity (Wildman–Crippen MR) is 61.9 cm³/mol. The summed E-state index contributed by atoms with van der Waals surface area (Å²) in [6.07, 6.45) is 2.00. The summed E-state index contributed by atoms with van der Waals surface area (Å²) in [5.41, 5.74) is 2.25. The standard InChI is InChI=1S/C11H14FNO2S/c12-16(14,15)9-8-13-7-3-5-10-4-1-2-6-11(10)13/h1-2,4,6H,3,5,7-9H2. The van der Waals surface area contributed by atoms with E-state index < -0.39 is 16.0 Å². The number of fused-ring (bicyclic) bond motifs is 1. The summed E-state index contributed by atoms with van der Waals surface area (Å²) in [4.78, 5) is 1.94. The summed E-state index contributed by atoms with van der Waals surface area (Å²) >= 11 is 0. The van der Waals surface area contributed by atoms with E-state index in [4.69, 9.17) is 0 Å². The minimum atomic E-state index is -4.37. The predicted octanol–water partition coefficient (Wildman–Crippen LogP) is 1.74. The van der Waals surface area contributed by atoms with Crippen LogP contribution in [0.1, 0.15) is 12.0 Å². The molecule has 1 aliphatic rings. The van der Waals surface area contributed by atoms with Crippen LogP contribution in [0.4, 0.5) is 9.57 Å². The Hall–Kier alpha value is -1.10. The highest BCUT2D eigenvalue weighted by Crippen LogP contribution is 2.26. The van der Waals surface area contributed by atoms with E-state index in [9.17, 15) is 12.3 Å². The number of nitrogens with zero attached hydrogens (tertiary/aromatic N) is 1. The van der Waals surface area contributed by atoms with Crippen molar-refractivity contribution in [1.29, 1.82) is 0 Å². The molecule has 1 heterocycles. The largest absolute Gasteiger partial charge is 0.370 e. The first-order valence-corrected chi connectivity index (χ1v) is 6.87. The van der Waals surface area contributed by atoms with Crippen LogP contribution in [-0.4, -0.2) is 27.3 Å². The van der Waals surface area contributed by atoms with E-state index in [1.807, 2.05) is 29.2 Å². The Morgan fingerprint density at radius 2 is 2.06 bits per heavy atom. The summed E-state index contributed by atoms with van der Waals surface area (Å²) in [5.74, 6) is -0.429. The number of benzene rings is 1. The number of hydrogen-bond acceptors (Lipinski definition) is 3. The molecule has 0 radical (unpaired) electrons. The molecule has 0 bridgehead atoms. The molecule has 1 aromatic rings. The van der Waals surface area contributed by atoms with E-state index in [0.29, 0.717) is 0 Å². The monoisotopic (exact) mass is 243 g/mol. The Balaban J connectivity index is 2.13. The molecule has 3 nitrogen and oxygen atoms in total. The van der Waals surface area contributed by atoms with E-state index >= 15 is 0 Å². The Kier molecular flexibility index (Phi) is 3.14. The molecule has 0 aliphatic carbocycles. The van der Waals surface area contributed by atoms with Gasteiger partial charge in [0.1, 0.15) is 0 Å². The molecule has 0 N–H and O–H groups in total. The highest BCUT2D eigenvalue weighted by molar-refractivity contribution is 7.86. The van der Waals surface area contributed by atoms with Crippen LogP contribution in [0.3, 0.4) is 0 Å². The van der Waals surface area contributed by atoms with E-state index in [2.05, 4.69) is 0 Å². The minimum Gasteiger partial charge on any atom is -0.370 e. The van der Waals surface area contributed by atoms with Gasteiger partial charge in [0.2, 0.25) is 0 Å². The van der Waals surface area contributed by atoms with Crippen LogP contribution in [0.2, 0.25) is 0 Å². The zero-order valence-corrected chi connectivity index (χ0v) is 9.71. The summed E-state index contributed by atoms with van der Waals surface area (Å²) in [7, 11) is -4.37. The van der Waals surface area contributed by atoms with Crippen LogP contribution in [0.5, 0.6) is 0 Å². The van der Waals surface area contributed by atoms with Crippen LogP contribution in [0.25, 0.3) is 0 Å². The molecule has 0 atom stereocenters. The number of anilines is 1. The third kappa shape index (κ3) is 2.72. The highest BCUT2D eigenvalue weighted by Gasteiger charge is 2.18. The fourth-order valence-corrected chi connectivity index (χ4v) is 2.50. The van der Waals surface area contributed by atoms with Crippen LogP contribution >= 0.6 is 0 Å². The Morgan fingerprint density at radius 1 is 1.31 bits per heavy atom. The Labute approximate surface area is 95.1 Å². The summed E-state index contributed by atoms with van der Waals surface area (Å²) in [5, 5.41) is 0. The molecule has 1 aliphatic heterocycles. The van der Waals surface area contributed by atoms with E-state index in [-0.39, 0.29) is 6.54 Å². The molecular weight excluding hydrogens is 229 g/mol. The number of aryl methyl sites for hydroxylation is 1. The lowest BCUT2D eigenvalue weighted by atomic mass is 10.0. The molecule has 88 valence electrons. The zero-order chi connectivity index (χ0) is 11.6. The Bertz CT molecular complexity index is 473. The molecule has 2 rings (SSSR count). The van der Waals surface area contributed by atoms with Gasteiger partial charge in [0.05, 0.1) is 5.75 Å². The summed E-state index contributed by atoms with van der Waals surface area (Å²) < 4.78 is 33.5. The van der Waals surface area contributed by atoms with Gasteiger partial charge in [-0.2, -0.15) is 8.42 Å². The van der Waals surface area contributed by atoms with Crippen molar-refractivity contribution in [3.8, 4) is 0 Å². The first kappa shape index (κ1) is 11.4. The molecule has 0 saturated carbocycles. The minimum absolute atomic E-state index is 0.232. The van der Waals surface area contributed by atoms with Crippen molar-refractivity contribution in [1.82, 2.24) is 0 Å². The fourth-order valence-electron chi connectivity index (χ4n) is 2.06. The van der Waals surface area contributed by atoms with E-state index in [1.165, 1.54) is 5.56 Å². The van der Waals surface area contributed by atoms with Crippen molar-refractivity contribution >= 4 is 15.9 Å². The molecular formula is C11H14FNO2S. The molecule has 16 heavy (non-hydrogen) atoms. The maximum atomic E-state index is 12.5. The van der Waals surface area contributed by atoms with Gasteiger partial charge >= 0.3 is 10.2 Å². The average molecular weight is 243 g/mol. The van der Waals surface area contributed by atoms with Gasteiger partial charge in [-0.15, -0.1) is 3.89 Å². The second-order valence-corrected chi connectivity index (χ2v) is 5.45. The summed E-state index contributed by atoms with van der Waals surface area (Å²) in [6.45, 7) is 1.03. The van der Waals surface area contributed by atoms with Crippen LogP contribution in [0.15, 0.2) is 24.3 Å². The first-order valence-electron chi connectivity index (χ1n) is 5.31. The van der Waals surface area contributed by atoms with Gasteiger partial charge in [0.15, 0.2) is 0 Å². The quantitative estimate of drug-likeness (QED) is 0.759. The smallest absolute Gasteiger partial charge is 0.304 e. The number of hydrogen-bond donors (Lipinski definition) is 0. The number of rotatable bonds is 3. The maximum Gasteiger partial charge on any atom is 0.304 e. The van der Waals surface area contributed by atoms with Crippen molar-refractivity contribution in [2.75, 3.05) is 23.7 Å². The lowest BCUT2D eigenvalue weighted by Gasteiger charge is -2.30. The maximum absolute atomic E-state index is 12.5. The molecule has 0 spiro atoms. The summed E-state index contributed by atoms with van der Waals surface area (Å²) in [6, 6.07) is 7.88. The van der Waals surface area contributed by atoms with Crippen LogP contribution < -0.4 is 4.90 Å². The number of para-hydroxylation sites is 1. The molecule has 0 saturated heterocycles. The van der Waals surface area contributed by atoms with Gasteiger partial charge in [0.25, 0.3) is 0 Å². The highest BCUT2D eigenvalue weighted by atomic mass is 32.3. The second kappa shape index (κ2) is 4.41. The topological polar surface area (TPSA) is 37.4 Å². The molecule has 5 heteroatoms. The molecule has 0 aromatic heterocycles. The zero-order valence-electron chi connectivity index (χ0n) is 8.89. The molecule has 1 aromatic carbocycles.